The lowest BCUT2D eigenvalue weighted by molar-refractivity contribution is 0.102. The molecule has 4 rings (SSSR count). The van der Waals surface area contributed by atoms with Gasteiger partial charge >= 0.3 is 0 Å². The van der Waals surface area contributed by atoms with Crippen LogP contribution in [0.2, 0.25) is 5.02 Å². The van der Waals surface area contributed by atoms with Gasteiger partial charge in [-0.05, 0) is 42.0 Å². The third-order valence-corrected chi connectivity index (χ3v) is 4.71. The Morgan fingerprint density at radius 3 is 2.50 bits per heavy atom. The lowest BCUT2D eigenvalue weighted by Gasteiger charge is -2.19. The zero-order valence-corrected chi connectivity index (χ0v) is 15.6. The Bertz CT molecular complexity index is 1010. The van der Waals surface area contributed by atoms with Gasteiger partial charge < -0.3 is 19.9 Å². The van der Waals surface area contributed by atoms with Gasteiger partial charge in [-0.2, -0.15) is 0 Å². The van der Waals surface area contributed by atoms with Crippen LogP contribution in [0.5, 0.6) is 11.5 Å². The van der Waals surface area contributed by atoms with Crippen molar-refractivity contribution in [2.75, 3.05) is 18.5 Å². The second kappa shape index (κ2) is 7.92. The number of nitrogens with one attached hydrogen (secondary N) is 1. The van der Waals surface area contributed by atoms with Crippen LogP contribution in [-0.2, 0) is 0 Å². The highest BCUT2D eigenvalue weighted by atomic mass is 35.5. The minimum absolute atomic E-state index is 0.319. The first-order valence-corrected chi connectivity index (χ1v) is 9.23. The molecule has 1 atom stereocenters. The number of fused-ring (bicyclic) bond motifs is 1. The molecule has 0 unspecified atom stereocenters. The van der Waals surface area contributed by atoms with E-state index < -0.39 is 6.10 Å². The number of aliphatic hydroxyl groups is 1. The molecule has 0 saturated heterocycles. The third-order valence-electron chi connectivity index (χ3n) is 4.48. The van der Waals surface area contributed by atoms with Gasteiger partial charge in [0.25, 0.3) is 5.91 Å². The van der Waals surface area contributed by atoms with Crippen LogP contribution in [0, 0.1) is 0 Å². The minimum atomic E-state index is -0.921. The van der Waals surface area contributed by atoms with Gasteiger partial charge in [-0.15, -0.1) is 0 Å². The predicted molar refractivity (Wildman–Crippen MR) is 107 cm³/mol. The molecule has 0 saturated carbocycles. The number of halogens is 1. The van der Waals surface area contributed by atoms with Crippen LogP contribution in [0.4, 0.5) is 5.69 Å². The molecular formula is C22H18ClNO4. The number of carbonyl (C=O) groups is 1. The number of hydrogen-bond acceptors (Lipinski definition) is 4. The smallest absolute Gasteiger partial charge is 0.255 e. The van der Waals surface area contributed by atoms with E-state index in [-0.39, 0.29) is 5.91 Å². The largest absolute Gasteiger partial charge is 0.486 e. The topological polar surface area (TPSA) is 67.8 Å². The zero-order chi connectivity index (χ0) is 19.5. The summed E-state index contributed by atoms with van der Waals surface area (Å²) in [7, 11) is 0. The predicted octanol–water partition coefficient (Wildman–Crippen LogP) is 4.45. The first kappa shape index (κ1) is 18.3. The molecule has 142 valence electrons. The summed E-state index contributed by atoms with van der Waals surface area (Å²) in [6, 6.07) is 19.2. The number of carbonyl (C=O) groups excluding carboxylic acids is 1. The maximum absolute atomic E-state index is 12.8. The molecule has 1 heterocycles. The van der Waals surface area contributed by atoms with Gasteiger partial charge in [0.1, 0.15) is 19.3 Å². The maximum atomic E-state index is 12.8. The number of aliphatic hydroxyl groups excluding tert-OH is 1. The Hall–Kier alpha value is -3.02. The van der Waals surface area contributed by atoms with E-state index in [1.165, 1.54) is 0 Å². The zero-order valence-electron chi connectivity index (χ0n) is 14.9. The van der Waals surface area contributed by atoms with Gasteiger partial charge in [0, 0.05) is 21.8 Å². The summed E-state index contributed by atoms with van der Waals surface area (Å²) in [6.07, 6.45) is -0.921. The Kier molecular flexibility index (Phi) is 5.19. The van der Waals surface area contributed by atoms with Crippen molar-refractivity contribution in [1.82, 2.24) is 0 Å². The molecule has 5 nitrogen and oxygen atoms in total. The van der Waals surface area contributed by atoms with Crippen molar-refractivity contribution in [3.63, 3.8) is 0 Å². The second-order valence-electron chi connectivity index (χ2n) is 6.36. The lowest BCUT2D eigenvalue weighted by Crippen LogP contribution is -2.18. The molecule has 0 radical (unpaired) electrons. The van der Waals surface area contributed by atoms with Crippen molar-refractivity contribution in [2.45, 2.75) is 6.10 Å². The molecule has 3 aromatic rings. The number of anilines is 1. The van der Waals surface area contributed by atoms with Gasteiger partial charge in [-0.3, -0.25) is 4.79 Å². The fraction of sp³-hybridized carbons (Fsp3) is 0.136. The van der Waals surface area contributed by atoms with Gasteiger partial charge in [-0.25, -0.2) is 0 Å². The summed E-state index contributed by atoms with van der Waals surface area (Å²) in [5, 5.41) is 14.1. The van der Waals surface area contributed by atoms with E-state index in [0.717, 1.165) is 0 Å². The molecule has 1 aliphatic rings. The van der Waals surface area contributed by atoms with Crippen molar-refractivity contribution in [3.05, 3.63) is 88.4 Å². The Morgan fingerprint density at radius 1 is 0.964 bits per heavy atom. The van der Waals surface area contributed by atoms with Crippen LogP contribution in [-0.4, -0.2) is 24.2 Å². The number of benzene rings is 3. The molecule has 6 heteroatoms. The molecule has 0 bridgehead atoms. The summed E-state index contributed by atoms with van der Waals surface area (Å²) >= 11 is 6.13. The van der Waals surface area contributed by atoms with Gasteiger partial charge in [-0.1, -0.05) is 41.9 Å². The number of ether oxygens (including phenoxy) is 2. The van der Waals surface area contributed by atoms with E-state index >= 15 is 0 Å². The Morgan fingerprint density at radius 2 is 1.71 bits per heavy atom. The van der Waals surface area contributed by atoms with Gasteiger partial charge in [0.15, 0.2) is 11.5 Å². The van der Waals surface area contributed by atoms with Crippen LogP contribution in [0.15, 0.2) is 66.7 Å². The first-order valence-electron chi connectivity index (χ1n) is 8.85. The van der Waals surface area contributed by atoms with Gasteiger partial charge in [0.2, 0.25) is 0 Å². The second-order valence-corrected chi connectivity index (χ2v) is 6.79. The van der Waals surface area contributed by atoms with Crippen LogP contribution >= 0.6 is 11.6 Å². The fourth-order valence-electron chi connectivity index (χ4n) is 3.07. The molecular weight excluding hydrogens is 378 g/mol. The summed E-state index contributed by atoms with van der Waals surface area (Å²) < 4.78 is 11.0. The van der Waals surface area contributed by atoms with Crippen molar-refractivity contribution >= 4 is 23.2 Å². The van der Waals surface area contributed by atoms with E-state index in [0.29, 0.717) is 52.1 Å². The molecule has 1 aliphatic heterocycles. The quantitative estimate of drug-likeness (QED) is 0.685. The Balaban J connectivity index is 1.62. The molecule has 0 aromatic heterocycles. The monoisotopic (exact) mass is 395 g/mol. The molecule has 0 aliphatic carbocycles. The summed E-state index contributed by atoms with van der Waals surface area (Å²) in [5.74, 6) is 0.842. The molecule has 0 spiro atoms. The Labute approximate surface area is 167 Å². The number of amides is 1. The first-order chi connectivity index (χ1) is 13.6. The average Bonchev–Trinajstić information content (AvgIpc) is 2.74. The maximum Gasteiger partial charge on any atom is 0.255 e. The third kappa shape index (κ3) is 3.81. The van der Waals surface area contributed by atoms with Crippen LogP contribution in [0.1, 0.15) is 27.6 Å². The summed E-state index contributed by atoms with van der Waals surface area (Å²) in [5.41, 5.74) is 2.14. The fourth-order valence-corrected chi connectivity index (χ4v) is 3.25. The minimum Gasteiger partial charge on any atom is -0.486 e. The van der Waals surface area contributed by atoms with E-state index in [4.69, 9.17) is 21.1 Å². The lowest BCUT2D eigenvalue weighted by atomic mass is 9.99. The van der Waals surface area contributed by atoms with Gasteiger partial charge in [0.05, 0.1) is 0 Å². The summed E-state index contributed by atoms with van der Waals surface area (Å²) in [4.78, 5) is 12.8. The summed E-state index contributed by atoms with van der Waals surface area (Å²) in [6.45, 7) is 0.937. The van der Waals surface area contributed by atoms with Crippen molar-refractivity contribution in [2.24, 2.45) is 0 Å². The van der Waals surface area contributed by atoms with Crippen molar-refractivity contribution in [3.8, 4) is 11.5 Å². The molecule has 0 fully saturated rings. The number of hydrogen-bond donors (Lipinski definition) is 2. The van der Waals surface area contributed by atoms with Crippen LogP contribution in [0.3, 0.4) is 0 Å². The molecule has 28 heavy (non-hydrogen) atoms. The highest BCUT2D eigenvalue weighted by Gasteiger charge is 2.19. The van der Waals surface area contributed by atoms with E-state index in [9.17, 15) is 9.90 Å². The standard InChI is InChI=1S/C22H18ClNO4/c23-16-7-8-18(17(13-16)21(25)14-4-2-1-3-5-14)24-22(26)15-6-9-19-20(12-15)28-11-10-27-19/h1-9,12-13,21,25H,10-11H2,(H,24,26)/t21-/m1/s1. The number of rotatable bonds is 4. The highest BCUT2D eigenvalue weighted by Crippen LogP contribution is 2.33. The van der Waals surface area contributed by atoms with Crippen LogP contribution < -0.4 is 14.8 Å². The molecule has 2 N–H and O–H groups in total. The van der Waals surface area contributed by atoms with Crippen molar-refractivity contribution in [1.29, 1.82) is 0 Å². The normalized spacial score (nSPS) is 13.6. The van der Waals surface area contributed by atoms with E-state index in [1.54, 1.807) is 36.4 Å². The highest BCUT2D eigenvalue weighted by molar-refractivity contribution is 6.30. The molecule has 3 aromatic carbocycles. The average molecular weight is 396 g/mol. The SMILES string of the molecule is O=C(Nc1ccc(Cl)cc1[C@H](O)c1ccccc1)c1ccc2c(c1)OCCO2. The molecule has 1 amide bonds. The van der Waals surface area contributed by atoms with Crippen molar-refractivity contribution < 1.29 is 19.4 Å². The van der Waals surface area contributed by atoms with E-state index in [1.807, 2.05) is 30.3 Å². The van der Waals surface area contributed by atoms with E-state index in [2.05, 4.69) is 5.32 Å². The van der Waals surface area contributed by atoms with Crippen LogP contribution in [0.25, 0.3) is 0 Å².